The van der Waals surface area contributed by atoms with Crippen molar-refractivity contribution in [1.82, 2.24) is 10.2 Å². The van der Waals surface area contributed by atoms with Gasteiger partial charge in [0.05, 0.1) is 0 Å². The normalized spacial score (nSPS) is 26.0. The van der Waals surface area contributed by atoms with Crippen LogP contribution in [0, 0.1) is 0 Å². The van der Waals surface area contributed by atoms with E-state index < -0.39 is 0 Å². The Morgan fingerprint density at radius 3 is 2.56 bits per heavy atom. The van der Waals surface area contributed by atoms with Crippen LogP contribution in [0.25, 0.3) is 0 Å². The molecule has 3 heteroatoms. The van der Waals surface area contributed by atoms with Gasteiger partial charge in [0, 0.05) is 32.3 Å². The molecule has 0 spiro atoms. The summed E-state index contributed by atoms with van der Waals surface area (Å²) < 4.78 is 5.16. The summed E-state index contributed by atoms with van der Waals surface area (Å²) in [5.74, 6) is 0. The van der Waals surface area contributed by atoms with Crippen molar-refractivity contribution >= 4 is 0 Å². The molecule has 0 heterocycles. The summed E-state index contributed by atoms with van der Waals surface area (Å²) in [5, 5.41) is 3.70. The van der Waals surface area contributed by atoms with Crippen molar-refractivity contribution in [2.45, 2.75) is 64.0 Å². The molecule has 1 aliphatic rings. The first kappa shape index (κ1) is 15.9. The van der Waals surface area contributed by atoms with Gasteiger partial charge in [-0.2, -0.15) is 0 Å². The van der Waals surface area contributed by atoms with Gasteiger partial charge in [-0.1, -0.05) is 32.6 Å². The lowest BCUT2D eigenvalue weighted by molar-refractivity contribution is 0.136. The highest BCUT2D eigenvalue weighted by atomic mass is 16.5. The summed E-state index contributed by atoms with van der Waals surface area (Å²) in [6, 6.07) is 1.39. The van der Waals surface area contributed by atoms with Gasteiger partial charge in [0.15, 0.2) is 0 Å². The second-order valence-corrected chi connectivity index (χ2v) is 5.55. The predicted molar refractivity (Wildman–Crippen MR) is 78.1 cm³/mol. The zero-order valence-corrected chi connectivity index (χ0v) is 12.6. The minimum absolute atomic E-state index is 0.683. The van der Waals surface area contributed by atoms with Crippen LogP contribution in [0.3, 0.4) is 0 Å². The number of methoxy groups -OCH3 is 1. The molecule has 108 valence electrons. The predicted octanol–water partition coefficient (Wildman–Crippen LogP) is 2.66. The fraction of sp³-hybridized carbons (Fsp3) is 1.00. The molecule has 0 saturated heterocycles. The number of nitrogens with one attached hydrogen (secondary N) is 1. The summed E-state index contributed by atoms with van der Waals surface area (Å²) in [4.78, 5) is 2.55. The molecule has 2 atom stereocenters. The summed E-state index contributed by atoms with van der Waals surface area (Å²) in [5.41, 5.74) is 0. The lowest BCUT2D eigenvalue weighted by Crippen LogP contribution is -2.49. The van der Waals surface area contributed by atoms with Crippen molar-refractivity contribution in [2.75, 3.05) is 33.9 Å². The molecular weight excluding hydrogens is 224 g/mol. The molecule has 1 N–H and O–H groups in total. The average Bonchev–Trinajstić information content (AvgIpc) is 2.33. The zero-order valence-electron chi connectivity index (χ0n) is 12.6. The first-order valence-corrected chi connectivity index (χ1v) is 7.72. The third kappa shape index (κ3) is 5.68. The van der Waals surface area contributed by atoms with E-state index in [1.807, 2.05) is 0 Å². The van der Waals surface area contributed by atoms with Crippen LogP contribution in [0.4, 0.5) is 0 Å². The van der Waals surface area contributed by atoms with Crippen molar-refractivity contribution in [3.8, 4) is 0 Å². The molecule has 0 radical (unpaired) electrons. The van der Waals surface area contributed by atoms with E-state index >= 15 is 0 Å². The van der Waals surface area contributed by atoms with Crippen LogP contribution in [0.2, 0.25) is 0 Å². The Bertz CT molecular complexity index is 199. The van der Waals surface area contributed by atoms with Crippen molar-refractivity contribution in [1.29, 1.82) is 0 Å². The fourth-order valence-electron chi connectivity index (χ4n) is 3.12. The number of rotatable bonds is 7. The molecular formula is C15H32N2O. The van der Waals surface area contributed by atoms with Gasteiger partial charge >= 0.3 is 0 Å². The van der Waals surface area contributed by atoms with Crippen molar-refractivity contribution in [3.63, 3.8) is 0 Å². The summed E-state index contributed by atoms with van der Waals surface area (Å²) in [6.45, 7) is 5.34. The largest absolute Gasteiger partial charge is 0.385 e. The maximum atomic E-state index is 5.16. The maximum Gasteiger partial charge on any atom is 0.0474 e. The van der Waals surface area contributed by atoms with E-state index in [1.54, 1.807) is 7.11 Å². The van der Waals surface area contributed by atoms with Crippen LogP contribution in [-0.4, -0.2) is 50.8 Å². The smallest absolute Gasteiger partial charge is 0.0474 e. The Balaban J connectivity index is 2.47. The lowest BCUT2D eigenvalue weighted by Gasteiger charge is -2.36. The summed E-state index contributed by atoms with van der Waals surface area (Å²) >= 11 is 0. The average molecular weight is 256 g/mol. The van der Waals surface area contributed by atoms with Crippen LogP contribution in [0.15, 0.2) is 0 Å². The van der Waals surface area contributed by atoms with E-state index in [1.165, 1.54) is 38.5 Å². The molecule has 0 aromatic carbocycles. The van der Waals surface area contributed by atoms with Crippen LogP contribution >= 0.6 is 0 Å². The topological polar surface area (TPSA) is 24.5 Å². The van der Waals surface area contributed by atoms with Gasteiger partial charge in [-0.25, -0.2) is 0 Å². The molecule has 1 fully saturated rings. The van der Waals surface area contributed by atoms with Crippen molar-refractivity contribution in [2.24, 2.45) is 0 Å². The molecule has 0 bridgehead atoms. The second-order valence-electron chi connectivity index (χ2n) is 5.55. The Labute approximate surface area is 113 Å². The van der Waals surface area contributed by atoms with Crippen molar-refractivity contribution in [3.05, 3.63) is 0 Å². The van der Waals surface area contributed by atoms with Crippen LogP contribution in [-0.2, 0) is 4.74 Å². The first-order valence-electron chi connectivity index (χ1n) is 7.72. The molecule has 1 rings (SSSR count). The van der Waals surface area contributed by atoms with Gasteiger partial charge in [0.25, 0.3) is 0 Å². The maximum absolute atomic E-state index is 5.16. The van der Waals surface area contributed by atoms with Crippen LogP contribution in [0.5, 0.6) is 0 Å². The van der Waals surface area contributed by atoms with Gasteiger partial charge in [-0.3, -0.25) is 0 Å². The number of likely N-dealkylation sites (N-methyl/N-ethyl adjacent to an activating group) is 2. The molecule has 3 nitrogen and oxygen atoms in total. The van der Waals surface area contributed by atoms with E-state index in [0.29, 0.717) is 12.1 Å². The first-order chi connectivity index (χ1) is 8.79. The molecule has 1 aliphatic carbocycles. The number of hydrogen-bond acceptors (Lipinski definition) is 3. The lowest BCUT2D eigenvalue weighted by atomic mass is 9.91. The minimum atomic E-state index is 0.683. The number of hydrogen-bond donors (Lipinski definition) is 1. The highest BCUT2D eigenvalue weighted by Crippen LogP contribution is 2.21. The molecule has 18 heavy (non-hydrogen) atoms. The number of ether oxygens (including phenoxy) is 1. The van der Waals surface area contributed by atoms with Crippen LogP contribution < -0.4 is 5.32 Å². The summed E-state index contributed by atoms with van der Waals surface area (Å²) in [7, 11) is 4.07. The molecule has 0 aromatic heterocycles. The third-order valence-corrected chi connectivity index (χ3v) is 4.12. The van der Waals surface area contributed by atoms with Gasteiger partial charge in [-0.05, 0) is 32.9 Å². The monoisotopic (exact) mass is 256 g/mol. The van der Waals surface area contributed by atoms with Gasteiger partial charge in [0.2, 0.25) is 0 Å². The number of nitrogens with zero attached hydrogens (tertiary/aromatic N) is 1. The van der Waals surface area contributed by atoms with E-state index in [4.69, 9.17) is 4.74 Å². The Morgan fingerprint density at radius 1 is 1.17 bits per heavy atom. The van der Waals surface area contributed by atoms with E-state index in [2.05, 4.69) is 24.2 Å². The molecule has 0 amide bonds. The standard InChI is InChI=1S/C15H32N2O/c1-4-16-14-10-7-5-6-8-11-15(14)17(2)12-9-13-18-3/h14-16H,4-13H2,1-3H3. The minimum Gasteiger partial charge on any atom is -0.385 e. The molecule has 0 aromatic rings. The Morgan fingerprint density at radius 2 is 1.89 bits per heavy atom. The SMILES string of the molecule is CCNC1CCCCCCC1N(C)CCCOC. The fourth-order valence-corrected chi connectivity index (χ4v) is 3.12. The molecule has 0 aliphatic heterocycles. The summed E-state index contributed by atoms with van der Waals surface area (Å²) in [6.07, 6.45) is 9.45. The Kier molecular flexibility index (Phi) is 8.64. The van der Waals surface area contributed by atoms with E-state index in [0.717, 1.165) is 26.1 Å². The van der Waals surface area contributed by atoms with Gasteiger partial charge in [0.1, 0.15) is 0 Å². The van der Waals surface area contributed by atoms with E-state index in [9.17, 15) is 0 Å². The Hall–Kier alpha value is -0.120. The highest BCUT2D eigenvalue weighted by molar-refractivity contribution is 4.84. The van der Waals surface area contributed by atoms with Crippen LogP contribution in [0.1, 0.15) is 51.9 Å². The third-order valence-electron chi connectivity index (χ3n) is 4.12. The highest BCUT2D eigenvalue weighted by Gasteiger charge is 2.25. The quantitative estimate of drug-likeness (QED) is 0.709. The molecule has 1 saturated carbocycles. The van der Waals surface area contributed by atoms with Crippen molar-refractivity contribution < 1.29 is 4.74 Å². The van der Waals surface area contributed by atoms with E-state index in [-0.39, 0.29) is 0 Å². The zero-order chi connectivity index (χ0) is 13.2. The van der Waals surface area contributed by atoms with Gasteiger partial charge in [-0.15, -0.1) is 0 Å². The van der Waals surface area contributed by atoms with Gasteiger partial charge < -0.3 is 15.0 Å². The second kappa shape index (κ2) is 9.76. The molecule has 2 unspecified atom stereocenters.